The van der Waals surface area contributed by atoms with E-state index in [9.17, 15) is 4.79 Å². The minimum atomic E-state index is -0.0506. The zero-order valence-electron chi connectivity index (χ0n) is 9.53. The van der Waals surface area contributed by atoms with Crippen LogP contribution in [-0.4, -0.2) is 36.9 Å². The van der Waals surface area contributed by atoms with Gasteiger partial charge in [-0.15, -0.1) is 0 Å². The average molecular weight is 215 g/mol. The first-order valence-electron chi connectivity index (χ1n) is 5.67. The molecule has 0 bridgehead atoms. The third kappa shape index (κ3) is 3.47. The molecule has 1 aliphatic rings. The Labute approximate surface area is 91.0 Å². The molecular weight excluding hydrogens is 194 g/mol. The minimum absolute atomic E-state index is 0.00827. The number of aliphatic hydroxyl groups excluding tert-OH is 1. The maximum Gasteiger partial charge on any atom is 0.225 e. The summed E-state index contributed by atoms with van der Waals surface area (Å²) in [5.74, 6) is 0.322. The third-order valence-corrected chi connectivity index (χ3v) is 2.77. The molecule has 1 aliphatic heterocycles. The van der Waals surface area contributed by atoms with Crippen LogP contribution >= 0.6 is 0 Å². The predicted molar refractivity (Wildman–Crippen MR) is 57.4 cm³/mol. The molecule has 2 N–H and O–H groups in total. The fraction of sp³-hybridized carbons (Fsp3) is 0.909. The van der Waals surface area contributed by atoms with Crippen molar-refractivity contribution in [2.75, 3.05) is 19.8 Å². The van der Waals surface area contributed by atoms with Gasteiger partial charge in [0.05, 0.1) is 18.6 Å². The monoisotopic (exact) mass is 215 g/mol. The third-order valence-electron chi connectivity index (χ3n) is 2.77. The highest BCUT2D eigenvalue weighted by Gasteiger charge is 2.33. The highest BCUT2D eigenvalue weighted by atomic mass is 16.5. The van der Waals surface area contributed by atoms with Crippen molar-refractivity contribution in [3.63, 3.8) is 0 Å². The van der Waals surface area contributed by atoms with Crippen molar-refractivity contribution in [1.29, 1.82) is 0 Å². The highest BCUT2D eigenvalue weighted by molar-refractivity contribution is 5.79. The standard InChI is InChI=1S/C11H21NO3/c1-8(2)10-9(4-3-7-15-10)11(14)12-5-6-13/h8-10,13H,3-7H2,1-2H3,(H,12,14). The van der Waals surface area contributed by atoms with Gasteiger partial charge in [0.2, 0.25) is 5.91 Å². The van der Waals surface area contributed by atoms with Crippen LogP contribution in [0.3, 0.4) is 0 Å². The quantitative estimate of drug-likeness (QED) is 0.720. The van der Waals surface area contributed by atoms with Gasteiger partial charge in [-0.05, 0) is 18.8 Å². The molecule has 0 spiro atoms. The van der Waals surface area contributed by atoms with Gasteiger partial charge in [-0.3, -0.25) is 4.79 Å². The number of amides is 1. The van der Waals surface area contributed by atoms with Crippen LogP contribution in [0.25, 0.3) is 0 Å². The van der Waals surface area contributed by atoms with Crippen LogP contribution in [0, 0.1) is 11.8 Å². The molecule has 1 amide bonds. The van der Waals surface area contributed by atoms with Gasteiger partial charge < -0.3 is 15.2 Å². The molecule has 0 aromatic heterocycles. The zero-order chi connectivity index (χ0) is 11.3. The normalized spacial score (nSPS) is 26.7. The second-order valence-corrected chi connectivity index (χ2v) is 4.34. The molecule has 88 valence electrons. The molecule has 15 heavy (non-hydrogen) atoms. The van der Waals surface area contributed by atoms with Crippen LogP contribution in [0.5, 0.6) is 0 Å². The largest absolute Gasteiger partial charge is 0.395 e. The van der Waals surface area contributed by atoms with Gasteiger partial charge in [0.1, 0.15) is 0 Å². The Hall–Kier alpha value is -0.610. The lowest BCUT2D eigenvalue weighted by atomic mass is 9.87. The minimum Gasteiger partial charge on any atom is -0.395 e. The Morgan fingerprint density at radius 2 is 2.33 bits per heavy atom. The fourth-order valence-corrected chi connectivity index (χ4v) is 2.05. The molecule has 0 aromatic rings. The molecule has 4 nitrogen and oxygen atoms in total. The molecule has 1 heterocycles. The van der Waals surface area contributed by atoms with Gasteiger partial charge in [0.25, 0.3) is 0 Å². The van der Waals surface area contributed by atoms with E-state index in [0.29, 0.717) is 12.5 Å². The molecule has 2 unspecified atom stereocenters. The van der Waals surface area contributed by atoms with E-state index in [1.165, 1.54) is 0 Å². The molecule has 1 fully saturated rings. The van der Waals surface area contributed by atoms with E-state index in [1.807, 2.05) is 0 Å². The van der Waals surface area contributed by atoms with Crippen LogP contribution in [0.2, 0.25) is 0 Å². The number of nitrogens with one attached hydrogen (secondary N) is 1. The molecule has 0 radical (unpaired) electrons. The Morgan fingerprint density at radius 3 is 2.93 bits per heavy atom. The Kier molecular flexibility index (Phi) is 5.05. The lowest BCUT2D eigenvalue weighted by molar-refractivity contribution is -0.137. The highest BCUT2D eigenvalue weighted by Crippen LogP contribution is 2.26. The summed E-state index contributed by atoms with van der Waals surface area (Å²) in [6.45, 7) is 5.23. The van der Waals surface area contributed by atoms with Crippen molar-refractivity contribution in [3.05, 3.63) is 0 Å². The Balaban J connectivity index is 2.51. The van der Waals surface area contributed by atoms with Gasteiger partial charge in [-0.2, -0.15) is 0 Å². The number of ether oxygens (including phenoxy) is 1. The number of hydrogen-bond donors (Lipinski definition) is 2. The summed E-state index contributed by atoms with van der Waals surface area (Å²) in [7, 11) is 0. The molecular formula is C11H21NO3. The number of rotatable bonds is 4. The number of carbonyl (C=O) groups is 1. The smallest absolute Gasteiger partial charge is 0.225 e. The summed E-state index contributed by atoms with van der Waals surface area (Å²) in [6, 6.07) is 0. The maximum absolute atomic E-state index is 11.8. The fourth-order valence-electron chi connectivity index (χ4n) is 2.05. The van der Waals surface area contributed by atoms with Gasteiger partial charge in [-0.25, -0.2) is 0 Å². The van der Waals surface area contributed by atoms with E-state index in [-0.39, 0.29) is 24.5 Å². The second-order valence-electron chi connectivity index (χ2n) is 4.34. The summed E-state index contributed by atoms with van der Waals surface area (Å²) < 4.78 is 5.63. The van der Waals surface area contributed by atoms with E-state index in [1.54, 1.807) is 0 Å². The molecule has 0 aromatic carbocycles. The zero-order valence-corrected chi connectivity index (χ0v) is 9.53. The van der Waals surface area contributed by atoms with Gasteiger partial charge in [0.15, 0.2) is 0 Å². The molecule has 1 saturated heterocycles. The summed E-state index contributed by atoms with van der Waals surface area (Å²) in [6.07, 6.45) is 1.86. The van der Waals surface area contributed by atoms with E-state index < -0.39 is 0 Å². The summed E-state index contributed by atoms with van der Waals surface area (Å²) >= 11 is 0. The van der Waals surface area contributed by atoms with E-state index in [0.717, 1.165) is 19.4 Å². The predicted octanol–water partition coefficient (Wildman–Crippen LogP) is 0.546. The van der Waals surface area contributed by atoms with Crippen LogP contribution in [0.15, 0.2) is 0 Å². The van der Waals surface area contributed by atoms with Gasteiger partial charge in [-0.1, -0.05) is 13.8 Å². The van der Waals surface area contributed by atoms with E-state index in [4.69, 9.17) is 9.84 Å². The molecule has 0 aliphatic carbocycles. The first-order chi connectivity index (χ1) is 7.16. The lowest BCUT2D eigenvalue weighted by Crippen LogP contribution is -2.44. The first-order valence-corrected chi connectivity index (χ1v) is 5.67. The van der Waals surface area contributed by atoms with Crippen LogP contribution in [0.4, 0.5) is 0 Å². The van der Waals surface area contributed by atoms with Gasteiger partial charge in [0, 0.05) is 13.2 Å². The topological polar surface area (TPSA) is 58.6 Å². The van der Waals surface area contributed by atoms with Crippen molar-refractivity contribution >= 4 is 5.91 Å². The van der Waals surface area contributed by atoms with Crippen LogP contribution in [0.1, 0.15) is 26.7 Å². The molecule has 1 rings (SSSR count). The Morgan fingerprint density at radius 1 is 1.60 bits per heavy atom. The average Bonchev–Trinajstić information content (AvgIpc) is 2.25. The SMILES string of the molecule is CC(C)C1OCCCC1C(=O)NCCO. The lowest BCUT2D eigenvalue weighted by Gasteiger charge is -2.33. The Bertz CT molecular complexity index is 206. The molecule has 0 saturated carbocycles. The second kappa shape index (κ2) is 6.08. The number of aliphatic hydroxyl groups is 1. The van der Waals surface area contributed by atoms with E-state index in [2.05, 4.69) is 19.2 Å². The maximum atomic E-state index is 11.8. The van der Waals surface area contributed by atoms with Crippen molar-refractivity contribution < 1.29 is 14.6 Å². The van der Waals surface area contributed by atoms with Crippen molar-refractivity contribution in [2.24, 2.45) is 11.8 Å². The number of carbonyl (C=O) groups excluding carboxylic acids is 1. The van der Waals surface area contributed by atoms with Crippen molar-refractivity contribution in [1.82, 2.24) is 5.32 Å². The number of hydrogen-bond acceptors (Lipinski definition) is 3. The summed E-state index contributed by atoms with van der Waals surface area (Å²) in [4.78, 5) is 11.8. The van der Waals surface area contributed by atoms with Crippen molar-refractivity contribution in [2.45, 2.75) is 32.8 Å². The van der Waals surface area contributed by atoms with Crippen LogP contribution in [-0.2, 0) is 9.53 Å². The first kappa shape index (κ1) is 12.5. The summed E-state index contributed by atoms with van der Waals surface area (Å²) in [5, 5.41) is 11.4. The van der Waals surface area contributed by atoms with Crippen molar-refractivity contribution in [3.8, 4) is 0 Å². The van der Waals surface area contributed by atoms with Gasteiger partial charge >= 0.3 is 0 Å². The molecule has 4 heteroatoms. The molecule has 2 atom stereocenters. The van der Waals surface area contributed by atoms with E-state index >= 15 is 0 Å². The van der Waals surface area contributed by atoms with Crippen LogP contribution < -0.4 is 5.32 Å². The summed E-state index contributed by atoms with van der Waals surface area (Å²) in [5.41, 5.74) is 0.